The van der Waals surface area contributed by atoms with E-state index in [2.05, 4.69) is 0 Å². The van der Waals surface area contributed by atoms with Crippen LogP contribution < -0.4 is 0 Å². The third-order valence-electron chi connectivity index (χ3n) is 1.53. The van der Waals surface area contributed by atoms with E-state index in [4.69, 9.17) is 18.4 Å². The number of aliphatic hydroxyl groups is 1. The number of hydrogen-bond donors (Lipinski definition) is 2. The van der Waals surface area contributed by atoms with E-state index in [-0.39, 0.29) is 37.2 Å². The van der Waals surface area contributed by atoms with E-state index >= 15 is 0 Å². The minimum Gasteiger partial charge on any atom is -0.412 e. The molecule has 6 N–H and O–H groups in total. The molecule has 0 amide bonds. The zero-order chi connectivity index (χ0) is 17.5. The molecule has 150 valence electrons. The number of aliphatic hydroxyl groups excluding tert-OH is 1. The van der Waals surface area contributed by atoms with E-state index in [1.54, 1.807) is 0 Å². The smallest absolute Gasteiger partial charge is 0.412 e. The molecule has 0 fully saturated rings. The van der Waals surface area contributed by atoms with Gasteiger partial charge in [-0.25, -0.2) is 0 Å². The summed E-state index contributed by atoms with van der Waals surface area (Å²) in [4.78, 5) is 10.5. The summed E-state index contributed by atoms with van der Waals surface area (Å²) in [6, 6.07) is 0. The topological polar surface area (TPSA) is 131 Å². The van der Waals surface area contributed by atoms with Crippen molar-refractivity contribution in [2.24, 2.45) is 0 Å². The number of rotatable bonds is 4. The fraction of sp³-hybridized carbons (Fsp3) is 1.00. The van der Waals surface area contributed by atoms with Gasteiger partial charge in [0.2, 0.25) is 0 Å². The van der Waals surface area contributed by atoms with Crippen LogP contribution in [0.2, 0.25) is 0 Å². The van der Waals surface area contributed by atoms with Crippen LogP contribution >= 0.6 is 0 Å². The summed E-state index contributed by atoms with van der Waals surface area (Å²) in [7, 11) is -3.66. The zero-order valence-corrected chi connectivity index (χ0v) is 20.5. The second-order valence-electron chi connectivity index (χ2n) is 7.89. The molecule has 0 spiro atoms. The largest absolute Gasteiger partial charge is 0.678 e. The van der Waals surface area contributed by atoms with Crippen LogP contribution in [0, 0.1) is 0 Å². The predicted molar refractivity (Wildman–Crippen MR) is 95.1 cm³/mol. The Balaban J connectivity index is -0.000000154. The average molecular weight is 452 g/mol. The summed E-state index contributed by atoms with van der Waals surface area (Å²) in [6.07, 6.45) is 0.875. The van der Waals surface area contributed by atoms with Crippen molar-refractivity contribution < 1.29 is 60.3 Å². The van der Waals surface area contributed by atoms with E-state index in [0.29, 0.717) is 6.61 Å². The molecule has 0 bridgehead atoms. The van der Waals surface area contributed by atoms with Gasteiger partial charge in [0.1, 0.15) is 0 Å². The van der Waals surface area contributed by atoms with Crippen LogP contribution in [0.25, 0.3) is 0 Å². The monoisotopic (exact) mass is 450 g/mol. The first-order valence-electron chi connectivity index (χ1n) is 7.47. The molecule has 0 saturated carbocycles. The Hall–Kier alpha value is 0.820. The van der Waals surface area contributed by atoms with Crippen molar-refractivity contribution in [1.82, 2.24) is 0 Å². The van der Waals surface area contributed by atoms with Crippen LogP contribution in [-0.2, 0) is 39.5 Å². The Bertz CT molecular complexity index is 240. The van der Waals surface area contributed by atoms with Crippen LogP contribution in [-0.4, -0.2) is 53.3 Å². The molecule has 0 heterocycles. The van der Waals surface area contributed by atoms with Gasteiger partial charge in [-0.15, -0.1) is 0 Å². The van der Waals surface area contributed by atoms with Crippen molar-refractivity contribution in [3.63, 3.8) is 0 Å². The molecule has 0 aliphatic rings. The van der Waals surface area contributed by atoms with Gasteiger partial charge in [-0.05, 0) is 68.7 Å². The van der Waals surface area contributed by atoms with Crippen LogP contribution in [0.5, 0.6) is 0 Å². The Morgan fingerprint density at radius 3 is 0.958 bits per heavy atom. The Morgan fingerprint density at radius 2 is 0.875 bits per heavy atom. The summed E-state index contributed by atoms with van der Waals surface area (Å²) < 4.78 is 16.9. The third-order valence-corrected chi connectivity index (χ3v) is 4.14. The molecular weight excluding hydrogens is 411 g/mol. The molecule has 0 aromatic rings. The molecule has 0 atom stereocenters. The van der Waals surface area contributed by atoms with E-state index in [1.165, 1.54) is 0 Å². The molecule has 0 unspecified atom stereocenters. The van der Waals surface area contributed by atoms with Crippen molar-refractivity contribution in [3.8, 4) is 0 Å². The quantitative estimate of drug-likeness (QED) is 0.627. The van der Waals surface area contributed by atoms with Gasteiger partial charge >= 0.3 is 9.05 Å². The predicted octanol–water partition coefficient (Wildman–Crippen LogP) is 1.60. The van der Waals surface area contributed by atoms with E-state index in [0.717, 1.165) is 6.42 Å². The molecule has 0 saturated heterocycles. The maximum Gasteiger partial charge on any atom is 0.678 e. The molecule has 0 aliphatic carbocycles. The fourth-order valence-corrected chi connectivity index (χ4v) is 3.67. The van der Waals surface area contributed by atoms with Gasteiger partial charge in [0.15, 0.2) is 0 Å². The first-order chi connectivity index (χ1) is 9.04. The second kappa shape index (κ2) is 13.9. The van der Waals surface area contributed by atoms with E-state index in [1.807, 2.05) is 69.2 Å². The second-order valence-corrected chi connectivity index (χ2v) is 9.55. The molecule has 0 radical (unpaired) electrons. The van der Waals surface area contributed by atoms with Crippen molar-refractivity contribution >= 4 is 9.05 Å². The van der Waals surface area contributed by atoms with Crippen molar-refractivity contribution in [1.29, 1.82) is 0 Å². The van der Waals surface area contributed by atoms with Crippen molar-refractivity contribution in [2.75, 3.05) is 6.61 Å². The van der Waals surface area contributed by atoms with Gasteiger partial charge in [-0.3, -0.25) is 0 Å². The minimum atomic E-state index is -3.66. The summed E-state index contributed by atoms with van der Waals surface area (Å²) in [5.41, 5.74) is -1.55. The van der Waals surface area contributed by atoms with E-state index in [9.17, 15) is 4.80 Å². The molecule has 0 rings (SSSR count). The summed E-state index contributed by atoms with van der Waals surface area (Å²) >= 11 is 0. The molecule has 0 aromatic carbocycles. The Labute approximate surface area is 168 Å². The SMILES string of the molecule is CC(C)(C)O[Si](O)(OC(C)(C)C)OC(C)(C)C.CCCO.O.O.[Zr]. The standard InChI is InChI=1S/C12H28O4Si.C3H8O.2H2O.Zr/c1-10(2,3)14-17(13,15-11(4,5)6)16-12(7,8)9;1-2-3-4;;;/h13H,1-9H3;4H,2-3H2,1H3;2*1H2;. The van der Waals surface area contributed by atoms with Crippen LogP contribution in [0.4, 0.5) is 0 Å². The first kappa shape index (κ1) is 35.8. The normalized spacial score (nSPS) is 12.0. The van der Waals surface area contributed by atoms with Gasteiger partial charge in [-0.2, -0.15) is 0 Å². The molecular formula is C15H40O7SiZr. The van der Waals surface area contributed by atoms with Crippen LogP contribution in [0.1, 0.15) is 75.7 Å². The third kappa shape index (κ3) is 27.7. The maximum atomic E-state index is 10.5. The summed E-state index contributed by atoms with van der Waals surface area (Å²) in [6.45, 7) is 19.0. The molecule has 9 heteroatoms. The van der Waals surface area contributed by atoms with Crippen LogP contribution in [0.3, 0.4) is 0 Å². The minimum absolute atomic E-state index is 0. The molecule has 0 aliphatic heterocycles. The maximum absolute atomic E-state index is 10.5. The molecule has 7 nitrogen and oxygen atoms in total. The Kier molecular flexibility index (Phi) is 20.8. The molecule has 24 heavy (non-hydrogen) atoms. The van der Waals surface area contributed by atoms with Gasteiger partial charge in [0.25, 0.3) is 0 Å². The molecule has 0 aromatic heterocycles. The number of hydrogen-bond acceptors (Lipinski definition) is 5. The summed E-state index contributed by atoms with van der Waals surface area (Å²) in [5.74, 6) is 0. The van der Waals surface area contributed by atoms with Crippen molar-refractivity contribution in [2.45, 2.75) is 92.5 Å². The van der Waals surface area contributed by atoms with Gasteiger partial charge in [0, 0.05) is 32.8 Å². The zero-order valence-electron chi connectivity index (χ0n) is 17.0. The van der Waals surface area contributed by atoms with Gasteiger partial charge in [-0.1, -0.05) is 6.92 Å². The average Bonchev–Trinajstić information content (AvgIpc) is 2.07. The van der Waals surface area contributed by atoms with Crippen molar-refractivity contribution in [3.05, 3.63) is 0 Å². The van der Waals surface area contributed by atoms with Crippen LogP contribution in [0.15, 0.2) is 0 Å². The van der Waals surface area contributed by atoms with Gasteiger partial charge in [0.05, 0.1) is 16.8 Å². The summed E-state index contributed by atoms with van der Waals surface area (Å²) in [5, 5.41) is 7.88. The first-order valence-corrected chi connectivity index (χ1v) is 9.14. The van der Waals surface area contributed by atoms with Gasteiger partial charge < -0.3 is 34.1 Å². The fourth-order valence-electron chi connectivity index (χ4n) is 1.22. The Morgan fingerprint density at radius 1 is 0.708 bits per heavy atom. The van der Waals surface area contributed by atoms with E-state index < -0.39 is 25.9 Å².